The van der Waals surface area contributed by atoms with Gasteiger partial charge in [-0.25, -0.2) is 13.1 Å². The van der Waals surface area contributed by atoms with Gasteiger partial charge in [0.25, 0.3) is 5.69 Å². The van der Waals surface area contributed by atoms with Gasteiger partial charge in [0.05, 0.1) is 15.9 Å². The summed E-state index contributed by atoms with van der Waals surface area (Å²) in [6, 6.07) is 11.9. The summed E-state index contributed by atoms with van der Waals surface area (Å²) in [5, 5.41) is 10.8. The number of para-hydroxylation sites is 1. The van der Waals surface area contributed by atoms with E-state index in [9.17, 15) is 18.5 Å². The van der Waals surface area contributed by atoms with Gasteiger partial charge in [-0.3, -0.25) is 10.1 Å². The second-order valence-corrected chi connectivity index (χ2v) is 8.37. The van der Waals surface area contributed by atoms with E-state index < -0.39 is 26.6 Å². The van der Waals surface area contributed by atoms with Crippen LogP contribution in [0.5, 0.6) is 5.75 Å². The minimum Gasteiger partial charge on any atom is -0.487 e. The first-order valence-electron chi connectivity index (χ1n) is 8.85. The number of nitro groups is 1. The molecule has 0 radical (unpaired) electrons. The van der Waals surface area contributed by atoms with Crippen LogP contribution < -0.4 is 9.46 Å². The summed E-state index contributed by atoms with van der Waals surface area (Å²) in [6.07, 6.45) is 2.03. The number of nitrogens with zero attached hydrogens (tertiary/aromatic N) is 1. The fourth-order valence-electron chi connectivity index (χ4n) is 3.41. The SMILES string of the molecule is CCC1(CC)C[C@H](NS(=O)(=O)c2ccc([N+](=O)[O-])cc2)c2ccccc2O1. The Morgan fingerprint density at radius 2 is 1.78 bits per heavy atom. The third-order valence-corrected chi connectivity index (χ3v) is 6.63. The van der Waals surface area contributed by atoms with Crippen molar-refractivity contribution in [2.24, 2.45) is 0 Å². The van der Waals surface area contributed by atoms with Gasteiger partial charge in [0, 0.05) is 24.1 Å². The van der Waals surface area contributed by atoms with Gasteiger partial charge < -0.3 is 4.74 Å². The van der Waals surface area contributed by atoms with E-state index in [1.165, 1.54) is 24.3 Å². The summed E-state index contributed by atoms with van der Waals surface area (Å²) >= 11 is 0. The summed E-state index contributed by atoms with van der Waals surface area (Å²) in [6.45, 7) is 4.05. The fourth-order valence-corrected chi connectivity index (χ4v) is 4.62. The van der Waals surface area contributed by atoms with Crippen molar-refractivity contribution in [2.45, 2.75) is 49.6 Å². The number of hydrogen-bond acceptors (Lipinski definition) is 5. The maximum atomic E-state index is 12.9. The number of rotatable bonds is 6. The smallest absolute Gasteiger partial charge is 0.269 e. The lowest BCUT2D eigenvalue weighted by Crippen LogP contribution is -2.44. The van der Waals surface area contributed by atoms with Gasteiger partial charge in [0.1, 0.15) is 11.4 Å². The van der Waals surface area contributed by atoms with Crippen LogP contribution in [0.2, 0.25) is 0 Å². The van der Waals surface area contributed by atoms with E-state index in [1.54, 1.807) is 0 Å². The van der Waals surface area contributed by atoms with Crippen molar-refractivity contribution >= 4 is 15.7 Å². The minimum absolute atomic E-state index is 0.00401. The average Bonchev–Trinajstić information content (AvgIpc) is 2.67. The molecule has 0 unspecified atom stereocenters. The molecule has 1 atom stereocenters. The Morgan fingerprint density at radius 1 is 1.15 bits per heavy atom. The summed E-state index contributed by atoms with van der Waals surface area (Å²) in [4.78, 5) is 10.2. The Hall–Kier alpha value is -2.45. The molecule has 0 aromatic heterocycles. The van der Waals surface area contributed by atoms with Crippen molar-refractivity contribution in [2.75, 3.05) is 0 Å². The molecule has 1 heterocycles. The van der Waals surface area contributed by atoms with Crippen LogP contribution in [0.1, 0.15) is 44.7 Å². The molecule has 3 rings (SSSR count). The minimum atomic E-state index is -3.84. The molecule has 0 amide bonds. The summed E-state index contributed by atoms with van der Waals surface area (Å²) in [5.41, 5.74) is 0.207. The average molecular weight is 390 g/mol. The number of sulfonamides is 1. The van der Waals surface area contributed by atoms with Crippen LogP contribution in [-0.4, -0.2) is 18.9 Å². The van der Waals surface area contributed by atoms with Crippen LogP contribution in [-0.2, 0) is 10.0 Å². The molecule has 8 heteroatoms. The highest BCUT2D eigenvalue weighted by atomic mass is 32.2. The predicted octanol–water partition coefficient (Wildman–Crippen LogP) is 3.96. The molecule has 0 bridgehead atoms. The molecule has 1 aliphatic heterocycles. The van der Waals surface area contributed by atoms with Gasteiger partial charge >= 0.3 is 0 Å². The van der Waals surface area contributed by atoms with E-state index in [2.05, 4.69) is 4.72 Å². The van der Waals surface area contributed by atoms with E-state index in [0.29, 0.717) is 12.2 Å². The third-order valence-electron chi connectivity index (χ3n) is 5.14. The van der Waals surface area contributed by atoms with Gasteiger partial charge in [-0.15, -0.1) is 0 Å². The molecule has 2 aromatic carbocycles. The molecule has 0 fully saturated rings. The molecule has 0 spiro atoms. The van der Waals surface area contributed by atoms with Gasteiger partial charge in [-0.05, 0) is 31.0 Å². The second kappa shape index (κ2) is 7.28. The van der Waals surface area contributed by atoms with E-state index >= 15 is 0 Å². The topological polar surface area (TPSA) is 98.5 Å². The highest BCUT2D eigenvalue weighted by Gasteiger charge is 2.40. The Balaban J connectivity index is 1.94. The number of benzene rings is 2. The van der Waals surface area contributed by atoms with E-state index in [1.807, 2.05) is 38.1 Å². The van der Waals surface area contributed by atoms with Crippen molar-refractivity contribution in [3.05, 3.63) is 64.2 Å². The van der Waals surface area contributed by atoms with Gasteiger partial charge in [-0.2, -0.15) is 0 Å². The molecule has 7 nitrogen and oxygen atoms in total. The van der Waals surface area contributed by atoms with Crippen molar-refractivity contribution in [3.63, 3.8) is 0 Å². The summed E-state index contributed by atoms with van der Waals surface area (Å²) in [7, 11) is -3.84. The van der Waals surface area contributed by atoms with Crippen molar-refractivity contribution < 1.29 is 18.1 Å². The Bertz CT molecular complexity index is 937. The molecular formula is C19H22N2O5S. The van der Waals surface area contributed by atoms with E-state index in [4.69, 9.17) is 4.74 Å². The Morgan fingerprint density at radius 3 is 2.37 bits per heavy atom. The highest BCUT2D eigenvalue weighted by Crippen LogP contribution is 2.43. The maximum Gasteiger partial charge on any atom is 0.269 e. The first kappa shape index (κ1) is 19.3. The van der Waals surface area contributed by atoms with Crippen LogP contribution in [0.3, 0.4) is 0 Å². The number of ether oxygens (including phenoxy) is 1. The largest absolute Gasteiger partial charge is 0.487 e. The fraction of sp³-hybridized carbons (Fsp3) is 0.368. The Labute approximate surface area is 158 Å². The molecule has 1 aliphatic rings. The van der Waals surface area contributed by atoms with Crippen molar-refractivity contribution in [1.82, 2.24) is 4.72 Å². The normalized spacial score (nSPS) is 18.4. The molecule has 0 saturated carbocycles. The molecular weight excluding hydrogens is 368 g/mol. The molecule has 2 aromatic rings. The first-order valence-corrected chi connectivity index (χ1v) is 10.3. The number of nitro benzene ring substituents is 1. The summed E-state index contributed by atoms with van der Waals surface area (Å²) < 4.78 is 34.7. The first-order chi connectivity index (χ1) is 12.8. The van der Waals surface area contributed by atoms with Crippen molar-refractivity contribution in [1.29, 1.82) is 0 Å². The van der Waals surface area contributed by atoms with E-state index in [-0.39, 0.29) is 10.6 Å². The van der Waals surface area contributed by atoms with Gasteiger partial charge in [0.15, 0.2) is 0 Å². The molecule has 144 valence electrons. The monoisotopic (exact) mass is 390 g/mol. The lowest BCUT2D eigenvalue weighted by molar-refractivity contribution is -0.384. The quantitative estimate of drug-likeness (QED) is 0.595. The molecule has 0 aliphatic carbocycles. The van der Waals surface area contributed by atoms with Gasteiger partial charge in [-0.1, -0.05) is 32.0 Å². The molecule has 1 N–H and O–H groups in total. The number of hydrogen-bond donors (Lipinski definition) is 1. The predicted molar refractivity (Wildman–Crippen MR) is 101 cm³/mol. The van der Waals surface area contributed by atoms with Crippen LogP contribution in [0, 0.1) is 10.1 Å². The highest BCUT2D eigenvalue weighted by molar-refractivity contribution is 7.89. The molecule has 27 heavy (non-hydrogen) atoms. The maximum absolute atomic E-state index is 12.9. The third kappa shape index (κ3) is 3.81. The standard InChI is InChI=1S/C19H22N2O5S/c1-3-19(4-2)13-17(16-7-5-6-8-18(16)26-19)20-27(24,25)15-11-9-14(10-12-15)21(22)23/h5-12,17,20H,3-4,13H2,1-2H3/t17-/m0/s1. The zero-order chi connectivity index (χ0) is 19.7. The zero-order valence-electron chi connectivity index (χ0n) is 15.2. The lowest BCUT2D eigenvalue weighted by atomic mass is 9.84. The van der Waals surface area contributed by atoms with E-state index in [0.717, 1.165) is 18.4 Å². The second-order valence-electron chi connectivity index (χ2n) is 6.66. The number of non-ortho nitro benzene ring substituents is 1. The summed E-state index contributed by atoms with van der Waals surface area (Å²) in [5.74, 6) is 0.684. The van der Waals surface area contributed by atoms with Crippen LogP contribution >= 0.6 is 0 Å². The Kier molecular flexibility index (Phi) is 5.21. The number of nitrogens with one attached hydrogen (secondary N) is 1. The van der Waals surface area contributed by atoms with Gasteiger partial charge in [0.2, 0.25) is 10.0 Å². The number of fused-ring (bicyclic) bond motifs is 1. The zero-order valence-corrected chi connectivity index (χ0v) is 16.0. The van der Waals surface area contributed by atoms with Crippen molar-refractivity contribution in [3.8, 4) is 5.75 Å². The van der Waals surface area contributed by atoms with Crippen LogP contribution in [0.15, 0.2) is 53.4 Å². The van der Waals surface area contributed by atoms with Crippen LogP contribution in [0.4, 0.5) is 5.69 Å². The molecule has 0 saturated heterocycles. The van der Waals surface area contributed by atoms with Crippen LogP contribution in [0.25, 0.3) is 0 Å². The lowest BCUT2D eigenvalue weighted by Gasteiger charge is -2.41.